The summed E-state index contributed by atoms with van der Waals surface area (Å²) in [6.45, 7) is 2.08. The van der Waals surface area contributed by atoms with Crippen molar-refractivity contribution in [3.63, 3.8) is 0 Å². The van der Waals surface area contributed by atoms with Crippen LogP contribution in [0, 0.1) is 5.82 Å². The molecule has 98 valence electrons. The molecule has 1 N–H and O–H groups in total. The van der Waals surface area contributed by atoms with Gasteiger partial charge in [-0.25, -0.2) is 4.39 Å². The maximum atomic E-state index is 13.3. The minimum absolute atomic E-state index is 0.218. The number of hydrogen-bond donors (Lipinski definition) is 1. The van der Waals surface area contributed by atoms with Crippen LogP contribution in [0.5, 0.6) is 0 Å². The average molecular weight is 256 g/mol. The molecule has 0 spiro atoms. The molecule has 1 aromatic heterocycles. The third-order valence-electron chi connectivity index (χ3n) is 3.61. The summed E-state index contributed by atoms with van der Waals surface area (Å²) in [4.78, 5) is 4.70. The fourth-order valence-electron chi connectivity index (χ4n) is 2.59. The molecule has 0 aliphatic carbocycles. The molecule has 1 fully saturated rings. The van der Waals surface area contributed by atoms with Crippen LogP contribution < -0.4 is 5.32 Å². The summed E-state index contributed by atoms with van der Waals surface area (Å²) in [6.07, 6.45) is 2.36. The van der Waals surface area contributed by atoms with E-state index in [0.717, 1.165) is 30.0 Å². The molecule has 0 bridgehead atoms. The second-order valence-electron chi connectivity index (χ2n) is 5.00. The first-order chi connectivity index (χ1) is 9.33. The van der Waals surface area contributed by atoms with Gasteiger partial charge in [-0.15, -0.1) is 0 Å². The van der Waals surface area contributed by atoms with Crippen molar-refractivity contribution in [2.45, 2.75) is 18.8 Å². The van der Waals surface area contributed by atoms with Gasteiger partial charge in [0.15, 0.2) is 0 Å². The van der Waals surface area contributed by atoms with Crippen molar-refractivity contribution in [3.05, 3.63) is 54.0 Å². The zero-order valence-corrected chi connectivity index (χ0v) is 10.8. The highest BCUT2D eigenvalue weighted by molar-refractivity contribution is 5.59. The van der Waals surface area contributed by atoms with Crippen LogP contribution in [0.1, 0.15) is 24.5 Å². The molecule has 3 rings (SSSR count). The molecule has 1 aliphatic heterocycles. The van der Waals surface area contributed by atoms with Crippen LogP contribution in [0.15, 0.2) is 42.5 Å². The monoisotopic (exact) mass is 256 g/mol. The molecular formula is C16H17FN2. The second-order valence-corrected chi connectivity index (χ2v) is 5.00. The van der Waals surface area contributed by atoms with E-state index in [4.69, 9.17) is 4.98 Å². The van der Waals surface area contributed by atoms with E-state index in [1.165, 1.54) is 25.0 Å². The van der Waals surface area contributed by atoms with Crippen LogP contribution in [-0.4, -0.2) is 18.1 Å². The zero-order chi connectivity index (χ0) is 13.1. The van der Waals surface area contributed by atoms with Crippen molar-refractivity contribution >= 4 is 0 Å². The van der Waals surface area contributed by atoms with Gasteiger partial charge in [0.1, 0.15) is 5.82 Å². The highest BCUT2D eigenvalue weighted by atomic mass is 19.1. The number of aromatic nitrogens is 1. The van der Waals surface area contributed by atoms with Crippen molar-refractivity contribution in [3.8, 4) is 11.3 Å². The van der Waals surface area contributed by atoms with Crippen LogP contribution in [0.25, 0.3) is 11.3 Å². The predicted octanol–water partition coefficient (Wildman–Crippen LogP) is 3.35. The highest BCUT2D eigenvalue weighted by Crippen LogP contribution is 2.24. The number of hydrogen-bond acceptors (Lipinski definition) is 2. The first kappa shape index (κ1) is 12.3. The Labute approximate surface area is 112 Å². The molecule has 0 saturated carbocycles. The molecule has 2 heterocycles. The third kappa shape index (κ3) is 2.82. The lowest BCUT2D eigenvalue weighted by Gasteiger charge is -2.22. The summed E-state index contributed by atoms with van der Waals surface area (Å²) < 4.78 is 13.3. The van der Waals surface area contributed by atoms with Crippen molar-refractivity contribution in [1.82, 2.24) is 10.3 Å². The van der Waals surface area contributed by atoms with Gasteiger partial charge in [-0.3, -0.25) is 4.98 Å². The molecule has 2 nitrogen and oxygen atoms in total. The van der Waals surface area contributed by atoms with Crippen LogP contribution in [0.2, 0.25) is 0 Å². The van der Waals surface area contributed by atoms with E-state index in [9.17, 15) is 4.39 Å². The lowest BCUT2D eigenvalue weighted by atomic mass is 9.95. The van der Waals surface area contributed by atoms with E-state index in [-0.39, 0.29) is 5.82 Å². The van der Waals surface area contributed by atoms with Crippen LogP contribution >= 0.6 is 0 Å². The number of rotatable bonds is 2. The van der Waals surface area contributed by atoms with Gasteiger partial charge in [0.2, 0.25) is 0 Å². The van der Waals surface area contributed by atoms with E-state index in [1.54, 1.807) is 6.07 Å². The van der Waals surface area contributed by atoms with Gasteiger partial charge in [0, 0.05) is 23.7 Å². The van der Waals surface area contributed by atoms with E-state index in [0.29, 0.717) is 5.92 Å². The summed E-state index contributed by atoms with van der Waals surface area (Å²) in [6, 6.07) is 12.6. The normalized spacial score (nSPS) is 19.3. The Morgan fingerprint density at radius 3 is 2.84 bits per heavy atom. The lowest BCUT2D eigenvalue weighted by Crippen LogP contribution is -2.28. The van der Waals surface area contributed by atoms with Crippen LogP contribution in [0.3, 0.4) is 0 Å². The Morgan fingerprint density at radius 2 is 2.05 bits per heavy atom. The summed E-state index contributed by atoms with van der Waals surface area (Å²) in [5.74, 6) is 0.256. The summed E-state index contributed by atoms with van der Waals surface area (Å²) in [7, 11) is 0. The first-order valence-corrected chi connectivity index (χ1v) is 6.76. The number of nitrogens with one attached hydrogen (secondary N) is 1. The summed E-state index contributed by atoms with van der Waals surface area (Å²) in [5, 5.41) is 3.40. The highest BCUT2D eigenvalue weighted by Gasteiger charge is 2.16. The second kappa shape index (κ2) is 5.49. The fraction of sp³-hybridized carbons (Fsp3) is 0.312. The van der Waals surface area contributed by atoms with Crippen molar-refractivity contribution in [2.24, 2.45) is 0 Å². The number of halogens is 1. The molecular weight excluding hydrogens is 239 g/mol. The van der Waals surface area contributed by atoms with Gasteiger partial charge >= 0.3 is 0 Å². The molecule has 1 atom stereocenters. The maximum Gasteiger partial charge on any atom is 0.123 e. The van der Waals surface area contributed by atoms with E-state index in [1.807, 2.05) is 18.2 Å². The van der Waals surface area contributed by atoms with Gasteiger partial charge < -0.3 is 5.32 Å². The topological polar surface area (TPSA) is 24.9 Å². The molecule has 3 heteroatoms. The lowest BCUT2D eigenvalue weighted by molar-refractivity contribution is 0.455. The van der Waals surface area contributed by atoms with Gasteiger partial charge in [0.25, 0.3) is 0 Å². The Kier molecular flexibility index (Phi) is 3.56. The molecule has 0 amide bonds. The SMILES string of the molecule is Fc1cccc(-c2cccc([C@H]3CCCNC3)n2)c1. The Balaban J connectivity index is 1.91. The molecule has 1 aromatic carbocycles. The summed E-state index contributed by atoms with van der Waals surface area (Å²) in [5.41, 5.74) is 2.79. The quantitative estimate of drug-likeness (QED) is 0.891. The number of benzene rings is 1. The van der Waals surface area contributed by atoms with E-state index in [2.05, 4.69) is 11.4 Å². The van der Waals surface area contributed by atoms with Gasteiger partial charge in [-0.05, 0) is 43.7 Å². The van der Waals surface area contributed by atoms with Crippen LogP contribution in [-0.2, 0) is 0 Å². The number of nitrogens with zero attached hydrogens (tertiary/aromatic N) is 1. The zero-order valence-electron chi connectivity index (χ0n) is 10.8. The minimum Gasteiger partial charge on any atom is -0.316 e. The Morgan fingerprint density at radius 1 is 1.16 bits per heavy atom. The Hall–Kier alpha value is -1.74. The van der Waals surface area contributed by atoms with Gasteiger partial charge in [-0.2, -0.15) is 0 Å². The molecule has 1 aliphatic rings. The molecule has 0 unspecified atom stereocenters. The number of piperidine rings is 1. The van der Waals surface area contributed by atoms with Crippen molar-refractivity contribution < 1.29 is 4.39 Å². The van der Waals surface area contributed by atoms with E-state index >= 15 is 0 Å². The van der Waals surface area contributed by atoms with Crippen LogP contribution in [0.4, 0.5) is 4.39 Å². The van der Waals surface area contributed by atoms with Gasteiger partial charge in [0.05, 0.1) is 5.69 Å². The van der Waals surface area contributed by atoms with Crippen molar-refractivity contribution in [2.75, 3.05) is 13.1 Å². The summed E-state index contributed by atoms with van der Waals surface area (Å²) >= 11 is 0. The third-order valence-corrected chi connectivity index (χ3v) is 3.61. The molecule has 19 heavy (non-hydrogen) atoms. The largest absolute Gasteiger partial charge is 0.316 e. The van der Waals surface area contributed by atoms with Gasteiger partial charge in [-0.1, -0.05) is 18.2 Å². The maximum absolute atomic E-state index is 13.3. The first-order valence-electron chi connectivity index (χ1n) is 6.76. The fourth-order valence-corrected chi connectivity index (χ4v) is 2.59. The van der Waals surface area contributed by atoms with Crippen molar-refractivity contribution in [1.29, 1.82) is 0 Å². The number of pyridine rings is 1. The molecule has 0 radical (unpaired) electrons. The standard InChI is InChI=1S/C16H17FN2/c17-14-6-1-4-12(10-14)15-7-2-8-16(19-15)13-5-3-9-18-11-13/h1-2,4,6-8,10,13,18H,3,5,9,11H2/t13-/m0/s1. The smallest absolute Gasteiger partial charge is 0.123 e. The molecule has 2 aromatic rings. The molecule has 1 saturated heterocycles. The predicted molar refractivity (Wildman–Crippen MR) is 74.5 cm³/mol. The van der Waals surface area contributed by atoms with E-state index < -0.39 is 0 Å². The minimum atomic E-state index is -0.218. The Bertz CT molecular complexity index is 562. The average Bonchev–Trinajstić information content (AvgIpc) is 2.48.